The molecule has 3 rings (SSSR count). The van der Waals surface area contributed by atoms with Crippen LogP contribution >= 0.6 is 11.6 Å². The predicted molar refractivity (Wildman–Crippen MR) is 60.0 cm³/mol. The van der Waals surface area contributed by atoms with Crippen molar-refractivity contribution < 1.29 is 8.81 Å². The molecular weight excluding hydrogens is 245 g/mol. The third-order valence-electron chi connectivity index (χ3n) is 2.32. The zero-order chi connectivity index (χ0) is 11.8. The molecule has 84 valence electrons. The number of fused-ring (bicyclic) bond motifs is 1. The molecule has 0 N–H and O–H groups in total. The van der Waals surface area contributed by atoms with E-state index in [9.17, 15) is 4.39 Å². The van der Waals surface area contributed by atoms with Gasteiger partial charge >= 0.3 is 0 Å². The van der Waals surface area contributed by atoms with Crippen molar-refractivity contribution in [2.45, 2.75) is 0 Å². The van der Waals surface area contributed by atoms with E-state index in [1.165, 1.54) is 6.39 Å². The van der Waals surface area contributed by atoms with Crippen molar-refractivity contribution in [3.05, 3.63) is 41.9 Å². The zero-order valence-corrected chi connectivity index (χ0v) is 9.15. The monoisotopic (exact) mass is 249 g/mol. The van der Waals surface area contributed by atoms with E-state index in [-0.39, 0.29) is 11.0 Å². The highest BCUT2D eigenvalue weighted by Gasteiger charge is 2.10. The van der Waals surface area contributed by atoms with Crippen LogP contribution in [0.25, 0.3) is 22.4 Å². The fourth-order valence-electron chi connectivity index (χ4n) is 1.55. The van der Waals surface area contributed by atoms with Crippen LogP contribution in [0.4, 0.5) is 4.39 Å². The molecule has 0 fully saturated rings. The van der Waals surface area contributed by atoms with Gasteiger partial charge in [-0.05, 0) is 29.8 Å². The lowest BCUT2D eigenvalue weighted by Crippen LogP contribution is -1.92. The average molecular weight is 250 g/mol. The van der Waals surface area contributed by atoms with Crippen LogP contribution in [0, 0.1) is 5.82 Å². The van der Waals surface area contributed by atoms with Crippen molar-refractivity contribution in [2.75, 3.05) is 0 Å². The van der Waals surface area contributed by atoms with Crippen molar-refractivity contribution in [2.24, 2.45) is 0 Å². The van der Waals surface area contributed by atoms with Gasteiger partial charge < -0.3 is 4.42 Å². The summed E-state index contributed by atoms with van der Waals surface area (Å²) >= 11 is 5.64. The van der Waals surface area contributed by atoms with Gasteiger partial charge in [0.15, 0.2) is 17.8 Å². The molecule has 0 saturated carbocycles. The Labute approximate surface area is 100 Å². The summed E-state index contributed by atoms with van der Waals surface area (Å²) in [5.41, 5.74) is 1.99. The molecule has 17 heavy (non-hydrogen) atoms. The van der Waals surface area contributed by atoms with Gasteiger partial charge in [-0.2, -0.15) is 0 Å². The van der Waals surface area contributed by atoms with Gasteiger partial charge in [-0.15, -0.1) is 0 Å². The van der Waals surface area contributed by atoms with Crippen molar-refractivity contribution in [1.29, 1.82) is 0 Å². The molecule has 0 bridgehead atoms. The normalized spacial score (nSPS) is 10.9. The highest BCUT2D eigenvalue weighted by Crippen LogP contribution is 2.24. The van der Waals surface area contributed by atoms with Crippen LogP contribution < -0.4 is 0 Å². The SMILES string of the molecule is Fc1cnc(Cl)nc1-c1ccc2ocnc2c1. The van der Waals surface area contributed by atoms with Crippen molar-refractivity contribution in [3.63, 3.8) is 0 Å². The maximum absolute atomic E-state index is 13.6. The highest BCUT2D eigenvalue weighted by atomic mass is 35.5. The zero-order valence-electron chi connectivity index (χ0n) is 8.39. The van der Waals surface area contributed by atoms with Gasteiger partial charge in [-0.3, -0.25) is 0 Å². The number of rotatable bonds is 1. The lowest BCUT2D eigenvalue weighted by Gasteiger charge is -2.01. The first-order valence-corrected chi connectivity index (χ1v) is 5.13. The van der Waals surface area contributed by atoms with E-state index in [4.69, 9.17) is 16.0 Å². The van der Waals surface area contributed by atoms with Crippen molar-refractivity contribution >= 4 is 22.7 Å². The minimum absolute atomic E-state index is 0.00153. The van der Waals surface area contributed by atoms with Gasteiger partial charge in [-0.1, -0.05) is 0 Å². The predicted octanol–water partition coefficient (Wildman–Crippen LogP) is 3.08. The van der Waals surface area contributed by atoms with Gasteiger partial charge in [0.05, 0.1) is 6.20 Å². The number of hydrogen-bond donors (Lipinski definition) is 0. The standard InChI is InChI=1S/C11H5ClFN3O/c12-11-14-4-7(13)10(16-11)6-1-2-9-8(3-6)15-5-17-9/h1-5H. The summed E-state index contributed by atoms with van der Waals surface area (Å²) in [5.74, 6) is -0.530. The summed E-state index contributed by atoms with van der Waals surface area (Å²) in [6.45, 7) is 0. The van der Waals surface area contributed by atoms with E-state index < -0.39 is 5.82 Å². The van der Waals surface area contributed by atoms with Crippen molar-refractivity contribution in [3.8, 4) is 11.3 Å². The number of benzene rings is 1. The largest absolute Gasteiger partial charge is 0.443 e. The molecule has 0 spiro atoms. The minimum atomic E-state index is -0.530. The van der Waals surface area contributed by atoms with Gasteiger partial charge in [0.1, 0.15) is 11.2 Å². The molecule has 4 nitrogen and oxygen atoms in total. The molecule has 0 amide bonds. The maximum atomic E-state index is 13.6. The van der Waals surface area contributed by atoms with Gasteiger partial charge in [-0.25, -0.2) is 19.3 Å². The number of nitrogens with zero attached hydrogens (tertiary/aromatic N) is 3. The molecule has 0 aliphatic carbocycles. The average Bonchev–Trinajstić information content (AvgIpc) is 2.79. The Morgan fingerprint density at radius 2 is 2.12 bits per heavy atom. The Morgan fingerprint density at radius 1 is 1.24 bits per heavy atom. The second-order valence-corrected chi connectivity index (χ2v) is 3.71. The van der Waals surface area contributed by atoms with E-state index in [0.717, 1.165) is 6.20 Å². The molecule has 1 aromatic carbocycles. The van der Waals surface area contributed by atoms with E-state index in [2.05, 4.69) is 15.0 Å². The lowest BCUT2D eigenvalue weighted by molar-refractivity contribution is 0.602. The fourth-order valence-corrected chi connectivity index (χ4v) is 1.69. The van der Waals surface area contributed by atoms with E-state index in [1.54, 1.807) is 18.2 Å². The maximum Gasteiger partial charge on any atom is 0.223 e. The van der Waals surface area contributed by atoms with Crippen LogP contribution in [0.1, 0.15) is 0 Å². The lowest BCUT2D eigenvalue weighted by atomic mass is 10.1. The second-order valence-electron chi connectivity index (χ2n) is 3.37. The van der Waals surface area contributed by atoms with Crippen LogP contribution in [0.5, 0.6) is 0 Å². The fraction of sp³-hybridized carbons (Fsp3) is 0. The van der Waals surface area contributed by atoms with Gasteiger partial charge in [0.2, 0.25) is 5.28 Å². The van der Waals surface area contributed by atoms with Crippen LogP contribution in [0.15, 0.2) is 35.2 Å². The van der Waals surface area contributed by atoms with E-state index >= 15 is 0 Å². The molecule has 0 saturated heterocycles. The molecule has 0 unspecified atom stereocenters. The Morgan fingerprint density at radius 3 is 3.00 bits per heavy atom. The van der Waals surface area contributed by atoms with Gasteiger partial charge in [0.25, 0.3) is 0 Å². The van der Waals surface area contributed by atoms with E-state index in [1.807, 2.05) is 0 Å². The first-order chi connectivity index (χ1) is 8.24. The molecule has 0 atom stereocenters. The molecule has 6 heteroatoms. The van der Waals surface area contributed by atoms with Crippen LogP contribution in [0.3, 0.4) is 0 Å². The number of halogens is 2. The van der Waals surface area contributed by atoms with Crippen molar-refractivity contribution in [1.82, 2.24) is 15.0 Å². The molecule has 2 heterocycles. The summed E-state index contributed by atoms with van der Waals surface area (Å²) in [4.78, 5) is 11.4. The molecular formula is C11H5ClFN3O. The van der Waals surface area contributed by atoms with Crippen LogP contribution in [0.2, 0.25) is 5.28 Å². The van der Waals surface area contributed by atoms with Crippen LogP contribution in [-0.4, -0.2) is 15.0 Å². The third kappa shape index (κ3) is 1.74. The number of hydrogen-bond acceptors (Lipinski definition) is 4. The Hall–Kier alpha value is -2.01. The summed E-state index contributed by atoms with van der Waals surface area (Å²) in [7, 11) is 0. The number of oxazole rings is 1. The summed E-state index contributed by atoms with van der Waals surface area (Å²) in [5, 5.41) is 0.00153. The first kappa shape index (κ1) is 10.2. The number of aromatic nitrogens is 3. The molecule has 3 aromatic rings. The molecule has 0 radical (unpaired) electrons. The van der Waals surface area contributed by atoms with Gasteiger partial charge in [0, 0.05) is 5.56 Å². The molecule has 0 aliphatic heterocycles. The second kappa shape index (κ2) is 3.78. The first-order valence-electron chi connectivity index (χ1n) is 4.76. The Bertz CT molecular complexity index is 698. The molecule has 0 aliphatic rings. The summed E-state index contributed by atoms with van der Waals surface area (Å²) < 4.78 is 18.7. The minimum Gasteiger partial charge on any atom is -0.443 e. The Balaban J connectivity index is 2.22. The smallest absolute Gasteiger partial charge is 0.223 e. The topological polar surface area (TPSA) is 51.8 Å². The quantitative estimate of drug-likeness (QED) is 0.622. The third-order valence-corrected chi connectivity index (χ3v) is 2.50. The summed E-state index contributed by atoms with van der Waals surface area (Å²) in [6, 6.07) is 5.07. The highest BCUT2D eigenvalue weighted by molar-refractivity contribution is 6.28. The van der Waals surface area contributed by atoms with Crippen LogP contribution in [-0.2, 0) is 0 Å². The molecule has 2 aromatic heterocycles. The van der Waals surface area contributed by atoms with E-state index in [0.29, 0.717) is 16.7 Å². The Kier molecular flexibility index (Phi) is 2.26. The summed E-state index contributed by atoms with van der Waals surface area (Å²) in [6.07, 6.45) is 2.37.